The zero-order valence-corrected chi connectivity index (χ0v) is 17.5. The number of hydrogen-bond acceptors (Lipinski definition) is 5. The zero-order valence-electron chi connectivity index (χ0n) is 16.7. The van der Waals surface area contributed by atoms with Crippen LogP contribution in [-0.2, 0) is 6.42 Å². The maximum absolute atomic E-state index is 13.1. The van der Waals surface area contributed by atoms with Gasteiger partial charge < -0.3 is 15.5 Å². The van der Waals surface area contributed by atoms with E-state index in [1.165, 1.54) is 23.5 Å². The summed E-state index contributed by atoms with van der Waals surface area (Å²) in [4.78, 5) is 23.2. The number of nitrogens with two attached hydrogens (primary N) is 1. The summed E-state index contributed by atoms with van der Waals surface area (Å²) in [5, 5.41) is 0.857. The van der Waals surface area contributed by atoms with E-state index < -0.39 is 0 Å². The first-order chi connectivity index (χ1) is 13.9. The van der Waals surface area contributed by atoms with Crippen LogP contribution in [0.5, 0.6) is 0 Å². The summed E-state index contributed by atoms with van der Waals surface area (Å²) in [6.45, 7) is 6.95. The minimum Gasteiger partial charge on any atom is -0.397 e. The summed E-state index contributed by atoms with van der Waals surface area (Å²) in [7, 11) is 0. The zero-order chi connectivity index (χ0) is 20.5. The van der Waals surface area contributed by atoms with Crippen LogP contribution >= 0.6 is 11.3 Å². The van der Waals surface area contributed by atoms with E-state index in [0.717, 1.165) is 28.0 Å². The van der Waals surface area contributed by atoms with Crippen molar-refractivity contribution < 1.29 is 9.18 Å². The molecule has 0 bridgehead atoms. The van der Waals surface area contributed by atoms with Gasteiger partial charge in [0, 0.05) is 42.9 Å². The highest BCUT2D eigenvalue weighted by molar-refractivity contribution is 7.21. The monoisotopic (exact) mass is 412 g/mol. The summed E-state index contributed by atoms with van der Waals surface area (Å²) < 4.78 is 13.1. The maximum Gasteiger partial charge on any atom is 0.266 e. The fraction of sp³-hybridized carbons (Fsp3) is 0.364. The van der Waals surface area contributed by atoms with Crippen molar-refractivity contribution in [3.8, 4) is 0 Å². The van der Waals surface area contributed by atoms with E-state index in [0.29, 0.717) is 42.7 Å². The largest absolute Gasteiger partial charge is 0.397 e. The summed E-state index contributed by atoms with van der Waals surface area (Å²) in [6.07, 6.45) is 0.905. The molecule has 152 valence electrons. The molecule has 1 aromatic carbocycles. The van der Waals surface area contributed by atoms with Gasteiger partial charge in [-0.2, -0.15) is 0 Å². The summed E-state index contributed by atoms with van der Waals surface area (Å²) in [5.74, 6) is 0.249. The van der Waals surface area contributed by atoms with Gasteiger partial charge in [0.1, 0.15) is 15.5 Å². The summed E-state index contributed by atoms with van der Waals surface area (Å²) in [6, 6.07) is 10.5. The van der Waals surface area contributed by atoms with Crippen molar-refractivity contribution in [1.29, 1.82) is 0 Å². The van der Waals surface area contributed by atoms with Crippen LogP contribution in [0.4, 0.5) is 15.8 Å². The third-order valence-electron chi connectivity index (χ3n) is 5.22. The lowest BCUT2D eigenvalue weighted by Gasteiger charge is -2.36. The molecule has 7 heteroatoms. The number of rotatable bonds is 4. The molecule has 0 radical (unpaired) electrons. The predicted molar refractivity (Wildman–Crippen MR) is 117 cm³/mol. The molecule has 1 aliphatic heterocycles. The van der Waals surface area contributed by atoms with E-state index in [-0.39, 0.29) is 11.7 Å². The van der Waals surface area contributed by atoms with Crippen molar-refractivity contribution in [2.24, 2.45) is 5.92 Å². The molecule has 0 unspecified atom stereocenters. The number of anilines is 2. The van der Waals surface area contributed by atoms with Crippen LogP contribution in [0.15, 0.2) is 36.4 Å². The molecule has 1 saturated heterocycles. The Morgan fingerprint density at radius 3 is 2.48 bits per heavy atom. The van der Waals surface area contributed by atoms with Gasteiger partial charge in [-0.15, -0.1) is 11.3 Å². The van der Waals surface area contributed by atoms with Crippen LogP contribution in [0.25, 0.3) is 10.2 Å². The van der Waals surface area contributed by atoms with Gasteiger partial charge >= 0.3 is 0 Å². The smallest absolute Gasteiger partial charge is 0.266 e. The van der Waals surface area contributed by atoms with Gasteiger partial charge in [0.25, 0.3) is 5.91 Å². The number of benzene rings is 1. The van der Waals surface area contributed by atoms with Crippen LogP contribution in [-0.4, -0.2) is 42.0 Å². The SMILES string of the molecule is CC(C)Cc1ccc2c(N)c(C(=O)N3CCN(c4ccc(F)cc4)CC3)sc2n1. The normalized spacial score (nSPS) is 14.8. The molecular weight excluding hydrogens is 387 g/mol. The second kappa shape index (κ2) is 7.99. The maximum atomic E-state index is 13.1. The van der Waals surface area contributed by atoms with Gasteiger partial charge in [-0.25, -0.2) is 9.37 Å². The summed E-state index contributed by atoms with van der Waals surface area (Å²) >= 11 is 1.38. The first-order valence-electron chi connectivity index (χ1n) is 9.90. The summed E-state index contributed by atoms with van der Waals surface area (Å²) in [5.41, 5.74) is 8.84. The van der Waals surface area contributed by atoms with Crippen LogP contribution in [0.1, 0.15) is 29.2 Å². The van der Waals surface area contributed by atoms with Gasteiger partial charge in [-0.1, -0.05) is 13.8 Å². The highest BCUT2D eigenvalue weighted by Crippen LogP contribution is 2.34. The first kappa shape index (κ1) is 19.6. The fourth-order valence-electron chi connectivity index (χ4n) is 3.69. The Morgan fingerprint density at radius 1 is 1.14 bits per heavy atom. The van der Waals surface area contributed by atoms with Crippen molar-refractivity contribution >= 4 is 38.8 Å². The van der Waals surface area contributed by atoms with Crippen LogP contribution < -0.4 is 10.6 Å². The van der Waals surface area contributed by atoms with Gasteiger partial charge in [-0.3, -0.25) is 4.79 Å². The number of amides is 1. The van der Waals surface area contributed by atoms with E-state index in [9.17, 15) is 9.18 Å². The number of thiophene rings is 1. The number of hydrogen-bond donors (Lipinski definition) is 1. The first-order valence-corrected chi connectivity index (χ1v) is 10.7. The molecule has 1 amide bonds. The Kier molecular flexibility index (Phi) is 5.41. The molecule has 29 heavy (non-hydrogen) atoms. The fourth-order valence-corrected chi connectivity index (χ4v) is 4.77. The third kappa shape index (κ3) is 4.05. The highest BCUT2D eigenvalue weighted by Gasteiger charge is 2.26. The molecule has 4 rings (SSSR count). The number of carbonyl (C=O) groups excluding carboxylic acids is 1. The van der Waals surface area contributed by atoms with E-state index in [4.69, 9.17) is 10.7 Å². The quantitative estimate of drug-likeness (QED) is 0.698. The Morgan fingerprint density at radius 2 is 1.83 bits per heavy atom. The number of halogens is 1. The number of nitrogen functional groups attached to an aromatic ring is 1. The molecule has 0 aliphatic carbocycles. The second-order valence-electron chi connectivity index (χ2n) is 7.85. The number of nitrogens with zero attached hydrogens (tertiary/aromatic N) is 3. The molecule has 5 nitrogen and oxygen atoms in total. The van der Waals surface area contributed by atoms with Crippen LogP contribution in [0.3, 0.4) is 0 Å². The van der Waals surface area contributed by atoms with Gasteiger partial charge in [0.2, 0.25) is 0 Å². The van der Waals surface area contributed by atoms with Crippen LogP contribution in [0, 0.1) is 11.7 Å². The van der Waals surface area contributed by atoms with Gasteiger partial charge in [0.15, 0.2) is 0 Å². The van der Waals surface area contributed by atoms with Crippen molar-refractivity contribution in [3.63, 3.8) is 0 Å². The third-order valence-corrected chi connectivity index (χ3v) is 6.32. The average molecular weight is 413 g/mol. The molecular formula is C22H25FN4OS. The standard InChI is InChI=1S/C22H25FN4OS/c1-14(2)13-16-5-8-18-19(24)20(29-21(18)25-16)22(28)27-11-9-26(10-12-27)17-6-3-15(23)4-7-17/h3-8,14H,9-13,24H2,1-2H3. The van der Waals surface area contributed by atoms with Crippen molar-refractivity contribution in [2.75, 3.05) is 36.8 Å². The topological polar surface area (TPSA) is 62.5 Å². The molecule has 1 aliphatic rings. The minimum absolute atomic E-state index is 0.0327. The molecule has 2 aromatic heterocycles. The Bertz CT molecular complexity index is 1020. The highest BCUT2D eigenvalue weighted by atomic mass is 32.1. The van der Waals surface area contributed by atoms with E-state index in [1.807, 2.05) is 17.0 Å². The van der Waals surface area contributed by atoms with Crippen LogP contribution in [0.2, 0.25) is 0 Å². The molecule has 2 N–H and O–H groups in total. The van der Waals surface area contributed by atoms with Gasteiger partial charge in [0.05, 0.1) is 5.69 Å². The number of piperazine rings is 1. The van der Waals surface area contributed by atoms with Gasteiger partial charge in [-0.05, 0) is 48.7 Å². The number of aromatic nitrogens is 1. The Labute approximate surface area is 173 Å². The molecule has 3 heterocycles. The molecule has 0 atom stereocenters. The number of pyridine rings is 1. The molecule has 0 saturated carbocycles. The average Bonchev–Trinajstić information content (AvgIpc) is 3.03. The molecule has 1 fully saturated rings. The predicted octanol–water partition coefficient (Wildman–Crippen LogP) is 4.18. The lowest BCUT2D eigenvalue weighted by atomic mass is 10.1. The second-order valence-corrected chi connectivity index (χ2v) is 8.85. The number of carbonyl (C=O) groups is 1. The van der Waals surface area contributed by atoms with Crippen molar-refractivity contribution in [1.82, 2.24) is 9.88 Å². The Balaban J connectivity index is 1.49. The Hall–Kier alpha value is -2.67. The lowest BCUT2D eigenvalue weighted by Crippen LogP contribution is -2.48. The van der Waals surface area contributed by atoms with Crippen molar-refractivity contribution in [2.45, 2.75) is 20.3 Å². The number of fused-ring (bicyclic) bond motifs is 1. The molecule has 3 aromatic rings. The minimum atomic E-state index is -0.243. The van der Waals surface area contributed by atoms with E-state index in [1.54, 1.807) is 12.1 Å². The van der Waals surface area contributed by atoms with E-state index in [2.05, 4.69) is 18.7 Å². The lowest BCUT2D eigenvalue weighted by molar-refractivity contribution is 0.0752. The van der Waals surface area contributed by atoms with Crippen molar-refractivity contribution in [3.05, 3.63) is 52.8 Å². The molecule has 0 spiro atoms. The van der Waals surface area contributed by atoms with E-state index >= 15 is 0 Å².